The van der Waals surface area contributed by atoms with Crippen LogP contribution in [0.25, 0.3) is 0 Å². The maximum Gasteiger partial charge on any atom is 0.174 e. The van der Waals surface area contributed by atoms with E-state index in [1.807, 2.05) is 6.92 Å². The highest BCUT2D eigenvalue weighted by Crippen LogP contribution is 2.80. The van der Waals surface area contributed by atoms with Crippen LogP contribution in [-0.2, 0) is 14.3 Å². The largest absolute Gasteiger partial charge is 0.624 e. The van der Waals surface area contributed by atoms with Crippen LogP contribution >= 0.6 is 0 Å². The van der Waals surface area contributed by atoms with Gasteiger partial charge in [-0.15, -0.1) is 0 Å². The minimum Gasteiger partial charge on any atom is -0.624 e. The number of hydrogen-bond acceptors (Lipinski definition) is 4. The Labute approximate surface area is 211 Å². The summed E-state index contributed by atoms with van der Waals surface area (Å²) in [6.07, 6.45) is 11.7. The van der Waals surface area contributed by atoms with Crippen LogP contribution in [0.1, 0.15) is 105 Å². The van der Waals surface area contributed by atoms with Crippen molar-refractivity contribution in [3.8, 4) is 0 Å². The van der Waals surface area contributed by atoms with Crippen molar-refractivity contribution in [3.63, 3.8) is 0 Å². The van der Waals surface area contributed by atoms with Gasteiger partial charge in [0, 0.05) is 30.1 Å². The highest BCUT2D eigenvalue weighted by atomic mass is 16.7. The lowest BCUT2D eigenvalue weighted by atomic mass is 9.35. The lowest BCUT2D eigenvalue weighted by Gasteiger charge is -2.69. The average molecular weight is 484 g/mol. The molecule has 194 valence electrons. The van der Waals surface area contributed by atoms with Crippen LogP contribution in [0.5, 0.6) is 0 Å². The van der Waals surface area contributed by atoms with E-state index in [0.717, 1.165) is 25.7 Å². The fraction of sp³-hybridized carbons (Fsp3) is 0.933. The molecule has 5 heteroatoms. The fourth-order valence-electron chi connectivity index (χ4n) is 11.6. The molecule has 4 saturated carbocycles. The predicted octanol–water partition coefficient (Wildman–Crippen LogP) is 5.87. The highest BCUT2D eigenvalue weighted by molar-refractivity contribution is 5.93. The van der Waals surface area contributed by atoms with Crippen molar-refractivity contribution in [1.29, 1.82) is 0 Å². The van der Waals surface area contributed by atoms with Gasteiger partial charge in [0.05, 0.1) is 23.5 Å². The number of rotatable bonds is 5. The number of hydroxylamine groups is 1. The molecule has 4 heterocycles. The van der Waals surface area contributed by atoms with Gasteiger partial charge in [0.25, 0.3) is 0 Å². The summed E-state index contributed by atoms with van der Waals surface area (Å²) in [6, 6.07) is 0.197. The molecule has 8 bridgehead atoms. The van der Waals surface area contributed by atoms with Crippen LogP contribution in [-0.4, -0.2) is 40.8 Å². The molecule has 35 heavy (non-hydrogen) atoms. The van der Waals surface area contributed by atoms with E-state index >= 15 is 0 Å². The molecule has 0 aromatic heterocycles. The molecule has 5 unspecified atom stereocenters. The van der Waals surface area contributed by atoms with Crippen molar-refractivity contribution in [2.24, 2.45) is 45.3 Å². The van der Waals surface area contributed by atoms with Crippen LogP contribution in [0, 0.1) is 50.5 Å². The van der Waals surface area contributed by atoms with Crippen LogP contribution in [0.3, 0.4) is 0 Å². The Morgan fingerprint density at radius 1 is 1.09 bits per heavy atom. The van der Waals surface area contributed by atoms with E-state index < -0.39 is 11.2 Å². The molecule has 0 aromatic carbocycles. The van der Waals surface area contributed by atoms with E-state index in [2.05, 4.69) is 27.7 Å². The Morgan fingerprint density at radius 3 is 2.66 bits per heavy atom. The first-order chi connectivity index (χ1) is 16.5. The molecular weight excluding hydrogens is 438 g/mol. The van der Waals surface area contributed by atoms with Crippen molar-refractivity contribution in [2.75, 3.05) is 6.61 Å². The summed E-state index contributed by atoms with van der Waals surface area (Å²) < 4.78 is 14.0. The number of Topliss-reactive ketones (excluding diaryl/α,β-unsaturated/α-hetero) is 1. The molecule has 5 nitrogen and oxygen atoms in total. The third-order valence-corrected chi connectivity index (χ3v) is 13.3. The minimum atomic E-state index is -0.569. The maximum absolute atomic E-state index is 14.4. The van der Waals surface area contributed by atoms with Crippen LogP contribution in [0.4, 0.5) is 0 Å². The van der Waals surface area contributed by atoms with Crippen molar-refractivity contribution in [2.45, 2.75) is 123 Å². The normalized spacial score (nSPS) is 55.7. The Balaban J connectivity index is 1.30. The van der Waals surface area contributed by atoms with Crippen molar-refractivity contribution in [1.82, 2.24) is 0 Å². The quantitative estimate of drug-likeness (QED) is 0.362. The Bertz CT molecular complexity index is 1010. The van der Waals surface area contributed by atoms with Gasteiger partial charge in [0.1, 0.15) is 5.78 Å². The number of ether oxygens (including phenoxy) is 2. The molecule has 4 aliphatic carbocycles. The monoisotopic (exact) mass is 483 g/mol. The van der Waals surface area contributed by atoms with E-state index in [1.54, 1.807) is 4.74 Å². The Hall–Kier alpha value is -0.940. The number of carbonyl (C=O) groups excluding carboxylic acids is 1. The zero-order chi connectivity index (χ0) is 24.6. The maximum atomic E-state index is 14.4. The second kappa shape index (κ2) is 6.92. The molecule has 0 aromatic rings. The van der Waals surface area contributed by atoms with Crippen LogP contribution < -0.4 is 0 Å². The summed E-state index contributed by atoms with van der Waals surface area (Å²) in [5.74, 6) is 1.71. The van der Waals surface area contributed by atoms with Gasteiger partial charge >= 0.3 is 0 Å². The van der Waals surface area contributed by atoms with E-state index in [9.17, 15) is 10.0 Å². The molecule has 0 amide bonds. The summed E-state index contributed by atoms with van der Waals surface area (Å²) >= 11 is 0. The molecule has 4 aliphatic heterocycles. The number of nitrogens with zero attached hydrogens (tertiary/aromatic N) is 1. The zero-order valence-electron chi connectivity index (χ0n) is 22.5. The molecule has 10 atom stereocenters. The van der Waals surface area contributed by atoms with Crippen LogP contribution in [0.15, 0.2) is 0 Å². The first-order valence-corrected chi connectivity index (χ1v) is 14.7. The first-order valence-electron chi connectivity index (χ1n) is 14.7. The summed E-state index contributed by atoms with van der Waals surface area (Å²) in [5, 5.41) is 14.4. The minimum absolute atomic E-state index is 0.0375. The van der Waals surface area contributed by atoms with E-state index in [0.29, 0.717) is 42.5 Å². The summed E-state index contributed by atoms with van der Waals surface area (Å²) in [5.41, 5.74) is 0.905. The second-order valence-electron chi connectivity index (χ2n) is 14.7. The van der Waals surface area contributed by atoms with Gasteiger partial charge in [-0.3, -0.25) is 4.79 Å². The number of carbonyl (C=O) groups is 1. The highest BCUT2D eigenvalue weighted by Gasteiger charge is 2.83. The zero-order valence-corrected chi connectivity index (χ0v) is 22.5. The van der Waals surface area contributed by atoms with Crippen molar-refractivity contribution in [3.05, 3.63) is 5.21 Å². The standard InChI is InChI=1S/C30H45NO4/c1-18(2)19-8-13-27(4)20-9-15-29-12-6-7-21(29)30(27,24(19)31(33)25(20)29)16-10-22(32)26(3)17-34-28(5)14-11-23(26)35-28/h18-21,23,25H,6-17H2,1-5H3/t19-,20?,21-,23?,25?,26-,27?,28-,29-,30?/m1/s1. The smallest absolute Gasteiger partial charge is 0.174 e. The van der Waals surface area contributed by atoms with Gasteiger partial charge in [-0.05, 0) is 82.5 Å². The fourth-order valence-corrected chi connectivity index (χ4v) is 11.6. The Kier molecular flexibility index (Phi) is 4.59. The predicted molar refractivity (Wildman–Crippen MR) is 134 cm³/mol. The average Bonchev–Trinajstić information content (AvgIpc) is 3.51. The summed E-state index contributed by atoms with van der Waals surface area (Å²) in [7, 11) is 0. The van der Waals surface area contributed by atoms with Gasteiger partial charge < -0.3 is 14.7 Å². The van der Waals surface area contributed by atoms with E-state index in [1.165, 1.54) is 44.2 Å². The van der Waals surface area contributed by atoms with E-state index in [-0.39, 0.29) is 28.4 Å². The Morgan fingerprint density at radius 2 is 1.89 bits per heavy atom. The second-order valence-corrected chi connectivity index (χ2v) is 14.7. The lowest BCUT2D eigenvalue weighted by Crippen LogP contribution is -2.75. The van der Waals surface area contributed by atoms with Gasteiger partial charge in [0.2, 0.25) is 0 Å². The van der Waals surface area contributed by atoms with Crippen molar-refractivity contribution >= 4 is 11.5 Å². The third kappa shape index (κ3) is 2.50. The van der Waals surface area contributed by atoms with Gasteiger partial charge in [0.15, 0.2) is 17.5 Å². The SMILES string of the molecule is CC(C)[C@H]1CCC2(C)C3CC[C@]45CCC[C@H]4C2(CCC(=O)[C@@]2(C)CO[C@@]4(C)CCC2O4)C1=[N+]([O-])C35. The molecule has 0 N–H and O–H groups in total. The number of fused-ring (bicyclic) bond motifs is 2. The molecule has 2 saturated heterocycles. The van der Waals surface area contributed by atoms with Gasteiger partial charge in [-0.25, -0.2) is 4.74 Å². The number of ketones is 1. The summed E-state index contributed by atoms with van der Waals surface area (Å²) in [6.45, 7) is 11.7. The van der Waals surface area contributed by atoms with Gasteiger partial charge in [-0.1, -0.05) is 27.2 Å². The molecule has 8 aliphatic rings. The molecular formula is C30H45NO4. The topological polar surface area (TPSA) is 61.6 Å². The first kappa shape index (κ1) is 23.2. The molecule has 8 rings (SSSR count). The van der Waals surface area contributed by atoms with Crippen molar-refractivity contribution < 1.29 is 19.0 Å². The number of hydrogen-bond donors (Lipinski definition) is 0. The molecule has 6 fully saturated rings. The molecule has 1 spiro atoms. The van der Waals surface area contributed by atoms with Crippen LogP contribution in [0.2, 0.25) is 0 Å². The van der Waals surface area contributed by atoms with Gasteiger partial charge in [-0.2, -0.15) is 0 Å². The summed E-state index contributed by atoms with van der Waals surface area (Å²) in [4.78, 5) is 14.1. The van der Waals surface area contributed by atoms with E-state index in [4.69, 9.17) is 9.47 Å². The third-order valence-electron chi connectivity index (χ3n) is 13.3. The lowest BCUT2D eigenvalue weighted by molar-refractivity contribution is -0.572. The molecule has 0 radical (unpaired) electrons.